The lowest BCUT2D eigenvalue weighted by Gasteiger charge is -2.11. The zero-order valence-corrected chi connectivity index (χ0v) is 18.7. The van der Waals surface area contributed by atoms with Crippen molar-refractivity contribution in [3.05, 3.63) is 0 Å². The minimum Gasteiger partial charge on any atom is -0.105 e. The lowest BCUT2D eigenvalue weighted by molar-refractivity contribution is 0.528. The summed E-state index contributed by atoms with van der Waals surface area (Å²) in [4.78, 5) is -0.127. The highest BCUT2D eigenvalue weighted by atomic mass is 35.5. The molecule has 0 saturated carbocycles. The van der Waals surface area contributed by atoms with Crippen LogP contribution in [0.1, 0.15) is 110 Å². The molecule has 0 aromatic heterocycles. The molecule has 3 heteroatoms. The molecule has 0 radical (unpaired) electrons. The largest absolute Gasteiger partial charge is 0.107 e. The minimum atomic E-state index is -0.127. The van der Waals surface area contributed by atoms with Crippen LogP contribution in [0.2, 0.25) is 5.54 Å². The Kier molecular flexibility index (Phi) is 18.8. The molecule has 0 saturated heterocycles. The normalized spacial score (nSPS) is 13.1. The molecule has 1 unspecified atom stereocenters. The van der Waals surface area contributed by atoms with Gasteiger partial charge in [0.05, 0.1) is 0 Å². The molecule has 0 rings (SSSR count). The van der Waals surface area contributed by atoms with E-state index in [0.29, 0.717) is 5.54 Å². The number of halogens is 2. The summed E-state index contributed by atoms with van der Waals surface area (Å²) in [5.74, 6) is 0. The van der Waals surface area contributed by atoms with Crippen LogP contribution >= 0.6 is 23.2 Å². The predicted octanol–water partition coefficient (Wildman–Crippen LogP) is 7.21. The highest BCUT2D eigenvalue weighted by molar-refractivity contribution is 6.47. The van der Waals surface area contributed by atoms with Crippen LogP contribution in [-0.2, 0) is 0 Å². The fraction of sp³-hybridized carbons (Fsp3) is 1.00. The van der Waals surface area contributed by atoms with Crippen molar-refractivity contribution in [3.8, 4) is 0 Å². The highest BCUT2D eigenvalue weighted by Crippen LogP contribution is 2.24. The van der Waals surface area contributed by atoms with Crippen molar-refractivity contribution in [2.24, 2.45) is 0 Å². The molecule has 0 aliphatic rings. The molecule has 1 atom stereocenters. The second-order valence-corrected chi connectivity index (χ2v) is 9.70. The van der Waals surface area contributed by atoms with E-state index < -0.39 is 0 Å². The van der Waals surface area contributed by atoms with Crippen molar-refractivity contribution in [3.63, 3.8) is 0 Å². The molecule has 0 aromatic carbocycles. The van der Waals surface area contributed by atoms with Crippen LogP contribution in [0.15, 0.2) is 0 Å². The number of rotatable bonds is 17. The lowest BCUT2D eigenvalue weighted by Crippen LogP contribution is -2.01. The van der Waals surface area contributed by atoms with Gasteiger partial charge in [-0.15, -0.1) is 23.2 Å². The fourth-order valence-electron chi connectivity index (χ4n) is 2.96. The molecule has 0 N–H and O–H groups in total. The Labute approximate surface area is 153 Å². The Morgan fingerprint density at radius 3 is 1.23 bits per heavy atom. The van der Waals surface area contributed by atoms with Crippen LogP contribution in [0.4, 0.5) is 0 Å². The Hall–Kier alpha value is 0.797. The summed E-state index contributed by atoms with van der Waals surface area (Å²) < 4.78 is 0. The molecular formula is C19H40Cl2Si. The van der Waals surface area contributed by atoms with Gasteiger partial charge < -0.3 is 0 Å². The first-order chi connectivity index (χ1) is 10.7. The van der Waals surface area contributed by atoms with Crippen LogP contribution in [0, 0.1) is 0 Å². The molecule has 22 heavy (non-hydrogen) atoms. The third-order valence-corrected chi connectivity index (χ3v) is 7.64. The second-order valence-electron chi connectivity index (χ2n) is 7.05. The van der Waals surface area contributed by atoms with Crippen molar-refractivity contribution in [2.45, 2.75) is 120 Å². The molecule has 0 nitrogen and oxygen atoms in total. The smallest absolute Gasteiger partial charge is 0.105 e. The van der Waals surface area contributed by atoms with Gasteiger partial charge in [-0.1, -0.05) is 110 Å². The van der Waals surface area contributed by atoms with Crippen molar-refractivity contribution < 1.29 is 0 Å². The average molecular weight is 368 g/mol. The molecule has 0 heterocycles. The van der Waals surface area contributed by atoms with E-state index in [0.717, 1.165) is 10.2 Å². The monoisotopic (exact) mass is 366 g/mol. The molecule has 0 aliphatic carbocycles. The summed E-state index contributed by atoms with van der Waals surface area (Å²) in [6, 6.07) is 0. The summed E-state index contributed by atoms with van der Waals surface area (Å²) in [5.41, 5.74) is 0.588. The first-order valence-electron chi connectivity index (χ1n) is 9.96. The fourth-order valence-corrected chi connectivity index (χ4v) is 3.62. The van der Waals surface area contributed by atoms with Gasteiger partial charge in [0, 0.05) is 10.2 Å². The van der Waals surface area contributed by atoms with Gasteiger partial charge in [0.15, 0.2) is 0 Å². The summed E-state index contributed by atoms with van der Waals surface area (Å²) in [5, 5.41) is 0. The van der Waals surface area contributed by atoms with E-state index in [9.17, 15) is 0 Å². The average Bonchev–Trinajstić information content (AvgIpc) is 2.50. The molecule has 0 spiro atoms. The van der Waals surface area contributed by atoms with E-state index in [-0.39, 0.29) is 4.84 Å². The van der Waals surface area contributed by atoms with Gasteiger partial charge in [-0.2, -0.15) is 0 Å². The summed E-state index contributed by atoms with van der Waals surface area (Å²) in [7, 11) is 1.13. The lowest BCUT2D eigenvalue weighted by atomic mass is 10.0. The third-order valence-electron chi connectivity index (χ3n) is 4.69. The van der Waals surface area contributed by atoms with Gasteiger partial charge in [-0.3, -0.25) is 0 Å². The topological polar surface area (TPSA) is 0 Å². The molecule has 134 valence electrons. The molecular weight excluding hydrogens is 327 g/mol. The van der Waals surface area contributed by atoms with E-state index in [1.54, 1.807) is 0 Å². The van der Waals surface area contributed by atoms with E-state index in [1.807, 2.05) is 0 Å². The first-order valence-corrected chi connectivity index (χ1v) is 12.0. The Morgan fingerprint density at radius 1 is 0.591 bits per heavy atom. The standard InChI is InChI=1S/C19H40Cl2Si/c1-2-3-4-5-6-7-8-9-10-11-12-13-14-15-16-17-18(22)19(20)21/h18-19H,2-17H2,1,22H3. The van der Waals surface area contributed by atoms with Crippen molar-refractivity contribution in [2.75, 3.05) is 0 Å². The van der Waals surface area contributed by atoms with Crippen molar-refractivity contribution >= 4 is 33.4 Å². The minimum absolute atomic E-state index is 0.127. The molecule has 0 bridgehead atoms. The summed E-state index contributed by atoms with van der Waals surface area (Å²) in [6.07, 6.45) is 22.7. The Morgan fingerprint density at radius 2 is 0.909 bits per heavy atom. The third kappa shape index (κ3) is 17.2. The molecule has 0 amide bonds. The SMILES string of the molecule is CCCCCCCCCCCCCCCCCC([SiH3])C(Cl)Cl. The molecule has 0 aliphatic heterocycles. The highest BCUT2D eigenvalue weighted by Gasteiger charge is 2.09. The van der Waals surface area contributed by atoms with Gasteiger partial charge in [0.25, 0.3) is 0 Å². The Balaban J connectivity index is 3.03. The number of hydrogen-bond acceptors (Lipinski definition) is 0. The van der Waals surface area contributed by atoms with Gasteiger partial charge in [0.1, 0.15) is 4.84 Å². The van der Waals surface area contributed by atoms with E-state index in [4.69, 9.17) is 23.2 Å². The van der Waals surface area contributed by atoms with E-state index in [1.165, 1.54) is 103 Å². The predicted molar refractivity (Wildman–Crippen MR) is 109 cm³/mol. The van der Waals surface area contributed by atoms with E-state index >= 15 is 0 Å². The van der Waals surface area contributed by atoms with Crippen molar-refractivity contribution in [1.29, 1.82) is 0 Å². The van der Waals surface area contributed by atoms with Crippen LogP contribution in [-0.4, -0.2) is 15.1 Å². The van der Waals surface area contributed by atoms with Gasteiger partial charge in [-0.05, 0) is 5.54 Å². The number of hydrogen-bond donors (Lipinski definition) is 0. The van der Waals surface area contributed by atoms with Gasteiger partial charge >= 0.3 is 0 Å². The van der Waals surface area contributed by atoms with Gasteiger partial charge in [-0.25, -0.2) is 0 Å². The maximum atomic E-state index is 5.89. The molecule has 0 aromatic rings. The second kappa shape index (κ2) is 18.1. The maximum Gasteiger partial charge on any atom is 0.107 e. The zero-order valence-electron chi connectivity index (χ0n) is 15.2. The summed E-state index contributed by atoms with van der Waals surface area (Å²) in [6.45, 7) is 2.29. The Bertz CT molecular complexity index is 210. The first kappa shape index (κ1) is 22.8. The van der Waals surface area contributed by atoms with Crippen LogP contribution < -0.4 is 0 Å². The van der Waals surface area contributed by atoms with Gasteiger partial charge in [0.2, 0.25) is 0 Å². The van der Waals surface area contributed by atoms with Crippen molar-refractivity contribution in [1.82, 2.24) is 0 Å². The number of unbranched alkanes of at least 4 members (excludes halogenated alkanes) is 14. The van der Waals surface area contributed by atoms with Crippen LogP contribution in [0.25, 0.3) is 0 Å². The summed E-state index contributed by atoms with van der Waals surface area (Å²) >= 11 is 11.8. The maximum absolute atomic E-state index is 5.89. The zero-order chi connectivity index (χ0) is 16.5. The van der Waals surface area contributed by atoms with E-state index in [2.05, 4.69) is 6.92 Å². The number of alkyl halides is 2. The quantitative estimate of drug-likeness (QED) is 0.145. The van der Waals surface area contributed by atoms with Crippen LogP contribution in [0.5, 0.6) is 0 Å². The molecule has 0 fully saturated rings. The van der Waals surface area contributed by atoms with Crippen LogP contribution in [0.3, 0.4) is 0 Å².